The van der Waals surface area contributed by atoms with Gasteiger partial charge in [-0.2, -0.15) is 0 Å². The molecule has 0 aliphatic carbocycles. The first-order valence-corrected chi connectivity index (χ1v) is 8.19. The van der Waals surface area contributed by atoms with E-state index in [4.69, 9.17) is 21.7 Å². The minimum absolute atomic E-state index is 0.224. The molecule has 0 saturated carbocycles. The van der Waals surface area contributed by atoms with Crippen LogP contribution in [0.15, 0.2) is 0 Å². The number of aliphatic hydroxyl groups is 1. The van der Waals surface area contributed by atoms with Crippen LogP contribution in [0.3, 0.4) is 0 Å². The lowest BCUT2D eigenvalue weighted by molar-refractivity contribution is -0.143. The molecule has 0 aromatic heterocycles. The van der Waals surface area contributed by atoms with E-state index in [0.717, 1.165) is 0 Å². The first kappa shape index (κ1) is 24.3. The van der Waals surface area contributed by atoms with E-state index in [2.05, 4.69) is 10.6 Å². The molecule has 0 fully saturated rings. The van der Waals surface area contributed by atoms with Gasteiger partial charge in [0.1, 0.15) is 18.1 Å². The van der Waals surface area contributed by atoms with Crippen LogP contribution in [0.1, 0.15) is 27.2 Å². The van der Waals surface area contributed by atoms with Crippen molar-refractivity contribution in [3.8, 4) is 0 Å². The number of rotatable bonds is 11. The second-order valence-electron chi connectivity index (χ2n) is 6.31. The number of hydrogen-bond donors (Lipinski definition) is 7. The van der Waals surface area contributed by atoms with Gasteiger partial charge in [0.05, 0.1) is 19.1 Å². The molecule has 4 unspecified atom stereocenters. The Kier molecular flexibility index (Phi) is 9.96. The fourth-order valence-corrected chi connectivity index (χ4v) is 1.84. The third-order valence-electron chi connectivity index (χ3n) is 3.61. The van der Waals surface area contributed by atoms with Crippen molar-refractivity contribution in [2.24, 2.45) is 17.4 Å². The summed E-state index contributed by atoms with van der Waals surface area (Å²) in [6.07, 6.45) is -0.523. The summed E-state index contributed by atoms with van der Waals surface area (Å²) in [6.45, 7) is 3.81. The molecule has 0 aromatic carbocycles. The fraction of sp³-hybridized carbons (Fsp3) is 0.667. The molecule has 0 saturated heterocycles. The van der Waals surface area contributed by atoms with E-state index < -0.39 is 66.8 Å². The van der Waals surface area contributed by atoms with Crippen molar-refractivity contribution in [2.45, 2.75) is 51.4 Å². The van der Waals surface area contributed by atoms with Crippen LogP contribution in [0.5, 0.6) is 0 Å². The molecule has 0 aliphatic heterocycles. The SMILES string of the molecule is CC(NC(=O)C(CC(N)=O)NC(=O)C(N)C(C)C)C(=O)NC(CO)C(=O)O. The summed E-state index contributed by atoms with van der Waals surface area (Å²) in [6, 6.07) is -5.03. The van der Waals surface area contributed by atoms with Crippen LogP contribution in [-0.4, -0.2) is 70.6 Å². The molecule has 27 heavy (non-hydrogen) atoms. The van der Waals surface area contributed by atoms with Gasteiger partial charge in [0.15, 0.2) is 0 Å². The molecule has 0 aromatic rings. The number of carbonyl (C=O) groups is 5. The van der Waals surface area contributed by atoms with Gasteiger partial charge < -0.3 is 37.6 Å². The number of primary amides is 1. The van der Waals surface area contributed by atoms with E-state index in [1.807, 2.05) is 5.32 Å². The van der Waals surface area contributed by atoms with Crippen LogP contribution in [0, 0.1) is 5.92 Å². The summed E-state index contributed by atoms with van der Waals surface area (Å²) >= 11 is 0. The zero-order valence-corrected chi connectivity index (χ0v) is 15.4. The molecule has 9 N–H and O–H groups in total. The maximum atomic E-state index is 12.3. The molecule has 0 spiro atoms. The molecule has 0 radical (unpaired) electrons. The highest BCUT2D eigenvalue weighted by Gasteiger charge is 2.29. The summed E-state index contributed by atoms with van der Waals surface area (Å²) in [4.78, 5) is 58.2. The predicted molar refractivity (Wildman–Crippen MR) is 92.8 cm³/mol. The number of carbonyl (C=O) groups excluding carboxylic acids is 4. The molecule has 0 heterocycles. The second kappa shape index (κ2) is 11.1. The van der Waals surface area contributed by atoms with Gasteiger partial charge in [0.25, 0.3) is 0 Å². The maximum Gasteiger partial charge on any atom is 0.328 e. The number of aliphatic hydroxyl groups excluding tert-OH is 1. The smallest absolute Gasteiger partial charge is 0.328 e. The first-order valence-electron chi connectivity index (χ1n) is 8.19. The first-order chi connectivity index (χ1) is 12.4. The Hall–Kier alpha value is -2.73. The van der Waals surface area contributed by atoms with Gasteiger partial charge in [-0.25, -0.2) is 4.79 Å². The lowest BCUT2D eigenvalue weighted by Gasteiger charge is -2.23. The molecule has 12 heteroatoms. The van der Waals surface area contributed by atoms with Crippen LogP contribution in [-0.2, 0) is 24.0 Å². The van der Waals surface area contributed by atoms with Crippen molar-refractivity contribution in [1.82, 2.24) is 16.0 Å². The van der Waals surface area contributed by atoms with Crippen molar-refractivity contribution in [3.63, 3.8) is 0 Å². The molecule has 4 amide bonds. The molecule has 12 nitrogen and oxygen atoms in total. The number of amides is 4. The van der Waals surface area contributed by atoms with Crippen molar-refractivity contribution >= 4 is 29.6 Å². The van der Waals surface area contributed by atoms with E-state index in [-0.39, 0.29) is 5.92 Å². The highest BCUT2D eigenvalue weighted by Crippen LogP contribution is 2.01. The molecule has 0 rings (SSSR count). The number of carboxylic acids is 1. The monoisotopic (exact) mass is 389 g/mol. The zero-order valence-electron chi connectivity index (χ0n) is 15.4. The van der Waals surface area contributed by atoms with Crippen LogP contribution in [0.4, 0.5) is 0 Å². The minimum Gasteiger partial charge on any atom is -0.480 e. The average Bonchev–Trinajstić information content (AvgIpc) is 2.56. The Bertz CT molecular complexity index is 581. The summed E-state index contributed by atoms with van der Waals surface area (Å²) in [5.74, 6) is -4.97. The topological polar surface area (TPSA) is 214 Å². The Balaban J connectivity index is 5.02. The number of aliphatic carboxylic acids is 1. The third-order valence-corrected chi connectivity index (χ3v) is 3.61. The number of nitrogens with two attached hydrogens (primary N) is 2. The molecular weight excluding hydrogens is 362 g/mol. The molecule has 0 bridgehead atoms. The van der Waals surface area contributed by atoms with Gasteiger partial charge in [0.2, 0.25) is 23.6 Å². The van der Waals surface area contributed by atoms with Gasteiger partial charge >= 0.3 is 5.97 Å². The number of hydrogen-bond acceptors (Lipinski definition) is 7. The normalized spacial score (nSPS) is 15.2. The van der Waals surface area contributed by atoms with E-state index in [0.29, 0.717) is 0 Å². The van der Waals surface area contributed by atoms with Gasteiger partial charge in [0, 0.05) is 0 Å². The number of carboxylic acid groups (broad SMARTS) is 1. The highest BCUT2D eigenvalue weighted by atomic mass is 16.4. The van der Waals surface area contributed by atoms with Crippen LogP contribution in [0.2, 0.25) is 0 Å². The Labute approximate surface area is 156 Å². The van der Waals surface area contributed by atoms with Gasteiger partial charge in [-0.05, 0) is 12.8 Å². The molecule has 4 atom stereocenters. The van der Waals surface area contributed by atoms with Gasteiger partial charge in [-0.3, -0.25) is 19.2 Å². The second-order valence-corrected chi connectivity index (χ2v) is 6.31. The van der Waals surface area contributed by atoms with E-state index in [9.17, 15) is 24.0 Å². The summed E-state index contributed by atoms with van der Waals surface area (Å²) < 4.78 is 0. The lowest BCUT2D eigenvalue weighted by atomic mass is 10.0. The van der Waals surface area contributed by atoms with E-state index in [1.165, 1.54) is 6.92 Å². The molecule has 154 valence electrons. The molecular formula is C15H27N5O7. The van der Waals surface area contributed by atoms with E-state index >= 15 is 0 Å². The summed E-state index contributed by atoms with van der Waals surface area (Å²) in [5.41, 5.74) is 10.8. The van der Waals surface area contributed by atoms with Gasteiger partial charge in [-0.1, -0.05) is 13.8 Å². The van der Waals surface area contributed by atoms with Crippen LogP contribution in [0.25, 0.3) is 0 Å². The van der Waals surface area contributed by atoms with Gasteiger partial charge in [-0.15, -0.1) is 0 Å². The van der Waals surface area contributed by atoms with Crippen LogP contribution >= 0.6 is 0 Å². The van der Waals surface area contributed by atoms with Crippen LogP contribution < -0.4 is 27.4 Å². The average molecular weight is 389 g/mol. The quantitative estimate of drug-likeness (QED) is 0.187. The standard InChI is InChI=1S/C15H27N5O7/c1-6(2)11(17)14(25)19-8(4-10(16)22)13(24)18-7(3)12(23)20-9(5-21)15(26)27/h6-9,11,21H,4-5,17H2,1-3H3,(H2,16,22)(H,18,24)(H,19,25)(H,20,23)(H,26,27). The Morgan fingerprint density at radius 3 is 1.81 bits per heavy atom. The van der Waals surface area contributed by atoms with E-state index in [1.54, 1.807) is 13.8 Å². The largest absolute Gasteiger partial charge is 0.480 e. The zero-order chi connectivity index (χ0) is 21.3. The molecule has 0 aliphatic rings. The lowest BCUT2D eigenvalue weighted by Crippen LogP contribution is -2.57. The summed E-state index contributed by atoms with van der Waals surface area (Å²) in [7, 11) is 0. The number of nitrogens with one attached hydrogen (secondary N) is 3. The Morgan fingerprint density at radius 1 is 0.889 bits per heavy atom. The maximum absolute atomic E-state index is 12.3. The summed E-state index contributed by atoms with van der Waals surface area (Å²) in [5, 5.41) is 24.3. The fourth-order valence-electron chi connectivity index (χ4n) is 1.84. The highest BCUT2D eigenvalue weighted by molar-refractivity contribution is 5.96. The predicted octanol–water partition coefficient (Wildman–Crippen LogP) is -3.60. The van der Waals surface area contributed by atoms with Crippen molar-refractivity contribution < 1.29 is 34.2 Å². The van der Waals surface area contributed by atoms with Crippen molar-refractivity contribution in [2.75, 3.05) is 6.61 Å². The third kappa shape index (κ3) is 8.46. The Morgan fingerprint density at radius 2 is 1.41 bits per heavy atom. The van der Waals surface area contributed by atoms with Crippen molar-refractivity contribution in [1.29, 1.82) is 0 Å². The van der Waals surface area contributed by atoms with Crippen molar-refractivity contribution in [3.05, 3.63) is 0 Å². The minimum atomic E-state index is -1.54.